The van der Waals surface area contributed by atoms with Crippen LogP contribution in [-0.2, 0) is 14.8 Å². The number of sulfonamides is 1. The van der Waals surface area contributed by atoms with Gasteiger partial charge in [0.05, 0.1) is 17.6 Å². The average Bonchev–Trinajstić information content (AvgIpc) is 2.71. The molecule has 0 bridgehead atoms. The van der Waals surface area contributed by atoms with Crippen LogP contribution in [0.2, 0.25) is 0 Å². The molecule has 2 N–H and O–H groups in total. The third-order valence-corrected chi connectivity index (χ3v) is 6.75. The molecule has 8 heteroatoms. The molecule has 0 spiro atoms. The second-order valence-electron chi connectivity index (χ2n) is 8.81. The summed E-state index contributed by atoms with van der Waals surface area (Å²) in [5.41, 5.74) is 2.48. The van der Waals surface area contributed by atoms with Gasteiger partial charge in [-0.1, -0.05) is 32.0 Å². The monoisotopic (exact) mass is 459 g/mol. The largest absolute Gasteiger partial charge is 0.374 e. The fraction of sp³-hybridized carbons (Fsp3) is 0.458. The number of aryl methyl sites for hydroxylation is 2. The molecule has 1 amide bonds. The SMILES string of the molecule is Cc1cccc(NS(=O)(=O)c2ccc(C)c(C(=O)NCC3CN(CC(C)C)CCO3)c2)c1. The number of hydrogen-bond acceptors (Lipinski definition) is 5. The zero-order valence-electron chi connectivity index (χ0n) is 19.2. The van der Waals surface area contributed by atoms with Crippen molar-refractivity contribution in [1.82, 2.24) is 10.2 Å². The van der Waals surface area contributed by atoms with E-state index in [0.29, 0.717) is 35.9 Å². The fourth-order valence-corrected chi connectivity index (χ4v) is 4.90. The lowest BCUT2D eigenvalue weighted by atomic mass is 10.1. The van der Waals surface area contributed by atoms with Crippen LogP contribution in [0, 0.1) is 19.8 Å². The molecule has 1 aliphatic heterocycles. The Kier molecular flexibility index (Phi) is 7.92. The second kappa shape index (κ2) is 10.5. The molecule has 1 saturated heterocycles. The quantitative estimate of drug-likeness (QED) is 0.633. The normalized spacial score (nSPS) is 17.3. The first kappa shape index (κ1) is 24.2. The Morgan fingerprint density at radius 2 is 1.97 bits per heavy atom. The maximum Gasteiger partial charge on any atom is 0.261 e. The Bertz CT molecular complexity index is 1050. The van der Waals surface area contributed by atoms with Crippen molar-refractivity contribution in [2.45, 2.75) is 38.7 Å². The molecule has 2 aromatic rings. The van der Waals surface area contributed by atoms with Gasteiger partial charge < -0.3 is 10.1 Å². The molecular formula is C24H33N3O4S. The molecule has 0 saturated carbocycles. The Balaban J connectivity index is 1.67. The highest BCUT2D eigenvalue weighted by Gasteiger charge is 2.23. The molecule has 3 rings (SSSR count). The van der Waals surface area contributed by atoms with E-state index in [4.69, 9.17) is 4.74 Å². The van der Waals surface area contributed by atoms with Gasteiger partial charge in [-0.25, -0.2) is 8.42 Å². The van der Waals surface area contributed by atoms with Crippen LogP contribution >= 0.6 is 0 Å². The summed E-state index contributed by atoms with van der Waals surface area (Å²) in [5.74, 6) is 0.267. The van der Waals surface area contributed by atoms with E-state index in [1.807, 2.05) is 13.0 Å². The maximum absolute atomic E-state index is 12.9. The standard InChI is InChI=1S/C24H33N3O4S/c1-17(2)15-27-10-11-31-21(16-27)14-25-24(28)23-13-22(9-8-19(23)4)32(29,30)26-20-7-5-6-18(3)12-20/h5-9,12-13,17,21,26H,10-11,14-16H2,1-4H3,(H,25,28). The molecular weight excluding hydrogens is 426 g/mol. The van der Waals surface area contributed by atoms with Crippen LogP contribution in [0.25, 0.3) is 0 Å². The number of ether oxygens (including phenoxy) is 1. The minimum Gasteiger partial charge on any atom is -0.374 e. The van der Waals surface area contributed by atoms with Crippen molar-refractivity contribution < 1.29 is 17.9 Å². The highest BCUT2D eigenvalue weighted by molar-refractivity contribution is 7.92. The van der Waals surface area contributed by atoms with Crippen LogP contribution in [-0.4, -0.2) is 58.1 Å². The van der Waals surface area contributed by atoms with E-state index in [1.165, 1.54) is 12.1 Å². The van der Waals surface area contributed by atoms with Gasteiger partial charge in [0, 0.05) is 37.4 Å². The van der Waals surface area contributed by atoms with Gasteiger partial charge in [-0.15, -0.1) is 0 Å². The Hall–Kier alpha value is -2.42. The molecule has 0 aliphatic carbocycles. The van der Waals surface area contributed by atoms with Crippen LogP contribution < -0.4 is 10.0 Å². The van der Waals surface area contributed by atoms with Crippen LogP contribution in [0.5, 0.6) is 0 Å². The van der Waals surface area contributed by atoms with E-state index >= 15 is 0 Å². The minimum absolute atomic E-state index is 0.0479. The first-order chi connectivity index (χ1) is 15.1. The Labute approximate surface area is 191 Å². The third-order valence-electron chi connectivity index (χ3n) is 5.37. The van der Waals surface area contributed by atoms with E-state index in [2.05, 4.69) is 28.8 Å². The van der Waals surface area contributed by atoms with Crippen molar-refractivity contribution in [3.05, 3.63) is 59.2 Å². The number of rotatable bonds is 8. The summed E-state index contributed by atoms with van der Waals surface area (Å²) in [6.07, 6.45) is -0.0818. The van der Waals surface area contributed by atoms with Gasteiger partial charge in [0.2, 0.25) is 0 Å². The first-order valence-electron chi connectivity index (χ1n) is 11.0. The number of carbonyl (C=O) groups excluding carboxylic acids is 1. The van der Waals surface area contributed by atoms with E-state index in [1.54, 1.807) is 31.2 Å². The van der Waals surface area contributed by atoms with Gasteiger partial charge in [0.1, 0.15) is 0 Å². The van der Waals surface area contributed by atoms with Gasteiger partial charge >= 0.3 is 0 Å². The van der Waals surface area contributed by atoms with Crippen molar-refractivity contribution in [3.8, 4) is 0 Å². The predicted molar refractivity (Wildman–Crippen MR) is 127 cm³/mol. The number of nitrogens with zero attached hydrogens (tertiary/aromatic N) is 1. The molecule has 1 fully saturated rings. The summed E-state index contributed by atoms with van der Waals surface area (Å²) in [6, 6.07) is 11.7. The highest BCUT2D eigenvalue weighted by atomic mass is 32.2. The highest BCUT2D eigenvalue weighted by Crippen LogP contribution is 2.20. The second-order valence-corrected chi connectivity index (χ2v) is 10.5. The Morgan fingerprint density at radius 3 is 2.69 bits per heavy atom. The summed E-state index contributed by atoms with van der Waals surface area (Å²) in [4.78, 5) is 15.2. The first-order valence-corrected chi connectivity index (χ1v) is 12.4. The summed E-state index contributed by atoms with van der Waals surface area (Å²) < 4.78 is 34.1. The summed E-state index contributed by atoms with van der Waals surface area (Å²) in [6.45, 7) is 11.7. The Morgan fingerprint density at radius 1 is 1.19 bits per heavy atom. The van der Waals surface area contributed by atoms with E-state index in [-0.39, 0.29) is 16.9 Å². The number of amides is 1. The summed E-state index contributed by atoms with van der Waals surface area (Å²) >= 11 is 0. The molecule has 0 aromatic heterocycles. The van der Waals surface area contributed by atoms with Crippen LogP contribution in [0.1, 0.15) is 35.3 Å². The molecule has 1 aliphatic rings. The fourth-order valence-electron chi connectivity index (χ4n) is 3.82. The van der Waals surface area contributed by atoms with Gasteiger partial charge in [-0.05, 0) is 55.2 Å². The molecule has 32 heavy (non-hydrogen) atoms. The number of morpholine rings is 1. The molecule has 1 heterocycles. The molecule has 1 unspecified atom stereocenters. The van der Waals surface area contributed by atoms with Gasteiger partial charge in [-0.2, -0.15) is 0 Å². The predicted octanol–water partition coefficient (Wildman–Crippen LogP) is 3.19. The van der Waals surface area contributed by atoms with Crippen LogP contribution in [0.4, 0.5) is 5.69 Å². The average molecular weight is 460 g/mol. The lowest BCUT2D eigenvalue weighted by Crippen LogP contribution is -2.48. The number of hydrogen-bond donors (Lipinski definition) is 2. The van der Waals surface area contributed by atoms with Crippen molar-refractivity contribution in [1.29, 1.82) is 0 Å². The van der Waals surface area contributed by atoms with Crippen molar-refractivity contribution >= 4 is 21.6 Å². The molecule has 7 nitrogen and oxygen atoms in total. The van der Waals surface area contributed by atoms with E-state index in [9.17, 15) is 13.2 Å². The van der Waals surface area contributed by atoms with Gasteiger partial charge in [-0.3, -0.25) is 14.4 Å². The lowest BCUT2D eigenvalue weighted by Gasteiger charge is -2.34. The molecule has 2 aromatic carbocycles. The zero-order chi connectivity index (χ0) is 23.3. The number of anilines is 1. The minimum atomic E-state index is -3.82. The van der Waals surface area contributed by atoms with Crippen molar-refractivity contribution in [2.75, 3.05) is 37.5 Å². The number of benzene rings is 2. The van der Waals surface area contributed by atoms with Crippen molar-refractivity contribution in [3.63, 3.8) is 0 Å². The molecule has 174 valence electrons. The smallest absolute Gasteiger partial charge is 0.261 e. The topological polar surface area (TPSA) is 87.7 Å². The molecule has 0 radical (unpaired) electrons. The van der Waals surface area contributed by atoms with Crippen LogP contribution in [0.3, 0.4) is 0 Å². The van der Waals surface area contributed by atoms with Gasteiger partial charge in [0.15, 0.2) is 0 Å². The lowest BCUT2D eigenvalue weighted by molar-refractivity contribution is -0.0295. The van der Waals surface area contributed by atoms with Crippen LogP contribution in [0.15, 0.2) is 47.4 Å². The summed E-state index contributed by atoms with van der Waals surface area (Å²) in [7, 11) is -3.82. The van der Waals surface area contributed by atoms with Gasteiger partial charge in [0.25, 0.3) is 15.9 Å². The third kappa shape index (κ3) is 6.54. The van der Waals surface area contributed by atoms with E-state index < -0.39 is 10.0 Å². The molecule has 1 atom stereocenters. The van der Waals surface area contributed by atoms with E-state index in [0.717, 1.165) is 25.2 Å². The summed E-state index contributed by atoms with van der Waals surface area (Å²) in [5, 5.41) is 2.91. The van der Waals surface area contributed by atoms with Crippen molar-refractivity contribution in [2.24, 2.45) is 5.92 Å². The zero-order valence-corrected chi connectivity index (χ0v) is 20.0. The number of carbonyl (C=O) groups is 1. The number of nitrogens with one attached hydrogen (secondary N) is 2. The maximum atomic E-state index is 12.9.